The Bertz CT molecular complexity index is 1680. The summed E-state index contributed by atoms with van der Waals surface area (Å²) in [5.74, 6) is 0.969. The Hall–Kier alpha value is -4.51. The van der Waals surface area contributed by atoms with Crippen LogP contribution in [0.15, 0.2) is 73.3 Å². The van der Waals surface area contributed by atoms with Gasteiger partial charge in [0.15, 0.2) is 0 Å². The molecule has 2 aromatic carbocycles. The number of aromatic nitrogens is 4. The molecule has 0 bridgehead atoms. The number of nitrogens with zero attached hydrogens (tertiary/aromatic N) is 4. The number of hydrogen-bond donors (Lipinski definition) is 4. The molecule has 2 atom stereocenters. The highest BCUT2D eigenvalue weighted by molar-refractivity contribution is 6.36. The van der Waals surface area contributed by atoms with Crippen molar-refractivity contribution in [2.45, 2.75) is 57.8 Å². The van der Waals surface area contributed by atoms with Gasteiger partial charge in [-0.1, -0.05) is 61.2 Å². The van der Waals surface area contributed by atoms with E-state index in [1.807, 2.05) is 30.3 Å². The van der Waals surface area contributed by atoms with Gasteiger partial charge in [-0.15, -0.1) is 0 Å². The Labute approximate surface area is 287 Å². The molecule has 10 nitrogen and oxygen atoms in total. The molecule has 2 saturated heterocycles. The number of halogens is 1. The Morgan fingerprint density at radius 1 is 0.750 bits per heavy atom. The van der Waals surface area contributed by atoms with E-state index in [4.69, 9.17) is 41.0 Å². The van der Waals surface area contributed by atoms with Crippen LogP contribution in [0.5, 0.6) is 11.8 Å². The third-order valence-electron chi connectivity index (χ3n) is 8.96. The van der Waals surface area contributed by atoms with Crippen molar-refractivity contribution in [2.75, 3.05) is 27.3 Å². The van der Waals surface area contributed by atoms with Crippen LogP contribution in [0.3, 0.4) is 0 Å². The van der Waals surface area contributed by atoms with Gasteiger partial charge in [-0.25, -0.2) is 9.97 Å². The van der Waals surface area contributed by atoms with Crippen molar-refractivity contribution in [3.8, 4) is 45.4 Å². The van der Waals surface area contributed by atoms with Crippen molar-refractivity contribution < 1.29 is 9.47 Å². The van der Waals surface area contributed by atoms with Gasteiger partial charge in [0.25, 0.3) is 0 Å². The first-order chi connectivity index (χ1) is 23.3. The van der Waals surface area contributed by atoms with Gasteiger partial charge in [-0.2, -0.15) is 0 Å². The quantitative estimate of drug-likeness (QED) is 0.136. The third kappa shape index (κ3) is 7.46. The van der Waals surface area contributed by atoms with Crippen molar-refractivity contribution in [1.29, 1.82) is 0 Å². The lowest BCUT2D eigenvalue weighted by atomic mass is 9.93. The molecule has 0 radical (unpaired) electrons. The van der Waals surface area contributed by atoms with E-state index in [9.17, 15) is 0 Å². The maximum Gasteiger partial charge on any atom is 0.237 e. The molecule has 250 valence electrons. The van der Waals surface area contributed by atoms with Crippen LogP contribution in [0.4, 0.5) is 0 Å². The maximum absolute atomic E-state index is 7.12. The Balaban J connectivity index is 1.20. The molecule has 2 fully saturated rings. The molecule has 48 heavy (non-hydrogen) atoms. The number of methoxy groups -OCH3 is 2. The first-order valence-corrected chi connectivity index (χ1v) is 16.7. The summed E-state index contributed by atoms with van der Waals surface area (Å²) >= 11 is 7.12. The van der Waals surface area contributed by atoms with E-state index in [1.165, 1.54) is 0 Å². The first kappa shape index (κ1) is 33.4. The van der Waals surface area contributed by atoms with Gasteiger partial charge >= 0.3 is 0 Å². The maximum atomic E-state index is 7.12. The fourth-order valence-corrected chi connectivity index (χ4v) is 6.69. The molecular weight excluding hydrogens is 624 g/mol. The van der Waals surface area contributed by atoms with Crippen molar-refractivity contribution in [2.24, 2.45) is 0 Å². The number of benzene rings is 2. The predicted octanol–water partition coefficient (Wildman–Crippen LogP) is 5.96. The number of nitrogens with one attached hydrogen (secondary N) is 4. The van der Waals surface area contributed by atoms with E-state index < -0.39 is 0 Å². The molecule has 2 aromatic heterocycles. The number of hydrogen-bond acceptors (Lipinski definition) is 10. The highest BCUT2D eigenvalue weighted by Crippen LogP contribution is 2.39. The van der Waals surface area contributed by atoms with E-state index in [0.29, 0.717) is 47.6 Å². The van der Waals surface area contributed by atoms with E-state index in [1.54, 1.807) is 26.6 Å². The minimum atomic E-state index is 0.376. The van der Waals surface area contributed by atoms with Crippen molar-refractivity contribution >= 4 is 11.6 Å². The summed E-state index contributed by atoms with van der Waals surface area (Å²) in [6.45, 7) is 12.8. The summed E-state index contributed by atoms with van der Waals surface area (Å²) in [4.78, 5) is 19.1. The van der Waals surface area contributed by atoms with Crippen LogP contribution in [0.25, 0.3) is 33.6 Å². The zero-order valence-electron chi connectivity index (χ0n) is 27.8. The van der Waals surface area contributed by atoms with Crippen LogP contribution < -0.4 is 30.7 Å². The fourth-order valence-electron chi connectivity index (χ4n) is 6.36. The number of rotatable bonds is 13. The normalized spacial score (nSPS) is 17.3. The van der Waals surface area contributed by atoms with Crippen LogP contribution in [0.2, 0.25) is 5.02 Å². The molecule has 2 aliphatic heterocycles. The van der Waals surface area contributed by atoms with Gasteiger partial charge in [0.05, 0.1) is 43.0 Å². The lowest BCUT2D eigenvalue weighted by Crippen LogP contribution is -2.33. The summed E-state index contributed by atoms with van der Waals surface area (Å²) in [7, 11) is 3.24. The smallest absolute Gasteiger partial charge is 0.237 e. The second-order valence-electron chi connectivity index (χ2n) is 12.3. The average Bonchev–Trinajstić information content (AvgIpc) is 3.72. The molecule has 0 aliphatic carbocycles. The molecule has 0 amide bonds. The highest BCUT2D eigenvalue weighted by atomic mass is 35.5. The number of allylic oxidation sites excluding steroid dienone is 2. The summed E-state index contributed by atoms with van der Waals surface area (Å²) in [6.07, 6.45) is 7.74. The van der Waals surface area contributed by atoms with Crippen LogP contribution >= 0.6 is 11.6 Å². The van der Waals surface area contributed by atoms with E-state index in [0.717, 1.165) is 95.1 Å². The number of ether oxygens (including phenoxy) is 2. The lowest BCUT2D eigenvalue weighted by Gasteiger charge is -2.16. The van der Waals surface area contributed by atoms with Gasteiger partial charge in [0, 0.05) is 66.3 Å². The first-order valence-electron chi connectivity index (χ1n) is 16.3. The minimum absolute atomic E-state index is 0.376. The fraction of sp³-hybridized carbons (Fsp3) is 0.351. The van der Waals surface area contributed by atoms with E-state index in [-0.39, 0.29) is 0 Å². The Morgan fingerprint density at radius 3 is 1.73 bits per heavy atom. The SMILES string of the molecule is C=C1CCC(CNCc2ncc(-c3cccc(-c4cccc(-c5cnc(CNC[C@@H]6CCC(=C)N6)c(OC)n5)c4C)c3Cl)nc2OC)N1. The molecule has 11 heteroatoms. The van der Waals surface area contributed by atoms with Crippen molar-refractivity contribution in [3.05, 3.63) is 95.3 Å². The van der Waals surface area contributed by atoms with Crippen LogP contribution in [-0.2, 0) is 13.1 Å². The molecule has 4 N–H and O–H groups in total. The van der Waals surface area contributed by atoms with Crippen molar-refractivity contribution in [1.82, 2.24) is 41.2 Å². The molecule has 4 heterocycles. The second-order valence-corrected chi connectivity index (χ2v) is 12.7. The summed E-state index contributed by atoms with van der Waals surface area (Å²) < 4.78 is 11.3. The van der Waals surface area contributed by atoms with E-state index in [2.05, 4.69) is 47.4 Å². The summed E-state index contributed by atoms with van der Waals surface area (Å²) in [5, 5.41) is 14.3. The zero-order valence-corrected chi connectivity index (χ0v) is 28.6. The van der Waals surface area contributed by atoms with Crippen LogP contribution in [0, 0.1) is 6.92 Å². The zero-order chi connectivity index (χ0) is 33.6. The molecule has 2 aliphatic rings. The Morgan fingerprint density at radius 2 is 1.23 bits per heavy atom. The van der Waals surface area contributed by atoms with Gasteiger partial charge in [0.2, 0.25) is 11.8 Å². The lowest BCUT2D eigenvalue weighted by molar-refractivity contribution is 0.386. The van der Waals surface area contributed by atoms with Gasteiger partial charge in [0.1, 0.15) is 11.4 Å². The largest absolute Gasteiger partial charge is 0.480 e. The van der Waals surface area contributed by atoms with Gasteiger partial charge in [-0.3, -0.25) is 9.97 Å². The standard InChI is InChI=1S/C37H43ClN8O2/c1-22-12-14-25(43-22)16-39-18-33-36(47-4)45-31(20-41-33)28-9-6-8-27(24(28)3)29-10-7-11-30(35(29)38)32-21-42-34(37(46-32)48-5)19-40-17-26-15-13-23(2)44-26/h6-11,20-21,25-26,39-40,43-44H,1-2,12-19H2,3-5H3/t25-,26?/m0/s1. The molecule has 4 aromatic rings. The average molecular weight is 667 g/mol. The molecule has 6 rings (SSSR count). The Kier molecular flexibility index (Phi) is 10.5. The minimum Gasteiger partial charge on any atom is -0.480 e. The van der Waals surface area contributed by atoms with Gasteiger partial charge < -0.3 is 30.7 Å². The van der Waals surface area contributed by atoms with Gasteiger partial charge in [-0.05, 0) is 43.7 Å². The molecule has 0 saturated carbocycles. The monoisotopic (exact) mass is 666 g/mol. The molecule has 0 spiro atoms. The van der Waals surface area contributed by atoms with Crippen LogP contribution in [-0.4, -0.2) is 59.3 Å². The van der Waals surface area contributed by atoms with Crippen molar-refractivity contribution in [3.63, 3.8) is 0 Å². The predicted molar refractivity (Wildman–Crippen MR) is 191 cm³/mol. The summed E-state index contributed by atoms with van der Waals surface area (Å²) in [6, 6.07) is 12.8. The molecular formula is C37H43ClN8O2. The van der Waals surface area contributed by atoms with E-state index >= 15 is 0 Å². The second kappa shape index (κ2) is 15.1. The third-order valence-corrected chi connectivity index (χ3v) is 9.36. The summed E-state index contributed by atoms with van der Waals surface area (Å²) in [5.41, 5.74) is 9.67. The highest BCUT2D eigenvalue weighted by Gasteiger charge is 2.20. The topological polar surface area (TPSA) is 118 Å². The van der Waals surface area contributed by atoms with Crippen LogP contribution in [0.1, 0.15) is 42.6 Å². The molecule has 1 unspecified atom stereocenters.